The van der Waals surface area contributed by atoms with E-state index in [0.29, 0.717) is 11.3 Å². The predicted octanol–water partition coefficient (Wildman–Crippen LogP) is 3.13. The minimum absolute atomic E-state index is 0.0351. The Labute approximate surface area is 152 Å². The van der Waals surface area contributed by atoms with Crippen LogP contribution in [0, 0.1) is 0 Å². The summed E-state index contributed by atoms with van der Waals surface area (Å²) in [6.45, 7) is -1.42. The van der Waals surface area contributed by atoms with Crippen LogP contribution in [0.15, 0.2) is 42.6 Å². The number of esters is 1. The number of anilines is 1. The third-order valence-electron chi connectivity index (χ3n) is 3.18. The normalized spacial score (nSPS) is 10.8. The molecule has 2 amide bonds. The summed E-state index contributed by atoms with van der Waals surface area (Å²) in [5, 5.41) is 5.08. The molecule has 0 bridgehead atoms. The molecule has 0 spiro atoms. The molecule has 0 saturated heterocycles. The summed E-state index contributed by atoms with van der Waals surface area (Å²) in [5.41, 5.74) is 1.15. The topological polar surface area (TPSA) is 89.5 Å². The summed E-state index contributed by atoms with van der Waals surface area (Å²) in [7, 11) is 1.25. The number of halogens is 3. The van der Waals surface area contributed by atoms with E-state index in [4.69, 9.17) is 0 Å². The molecule has 2 rings (SSSR count). The standard InChI is InChI=1S/C17H16F3N3O4/c1-26-15(24)12-3-2-4-13(8-12)23-16(25)22-9-11-5-6-21-14(7-11)27-10-17(18,19)20/h2-8H,9-10H2,1H3,(H2,22,23,25). The fraction of sp³-hybridized carbons (Fsp3) is 0.235. The van der Waals surface area contributed by atoms with Crippen LogP contribution in [0.2, 0.25) is 0 Å². The molecule has 10 heteroatoms. The highest BCUT2D eigenvalue weighted by molar-refractivity contribution is 5.93. The summed E-state index contributed by atoms with van der Waals surface area (Å²) < 4.78 is 45.6. The second-order valence-corrected chi connectivity index (χ2v) is 5.29. The molecule has 1 heterocycles. The molecule has 1 aromatic heterocycles. The maximum atomic E-state index is 12.2. The van der Waals surface area contributed by atoms with Gasteiger partial charge in [0, 0.05) is 24.5 Å². The van der Waals surface area contributed by atoms with Crippen LogP contribution in [0.1, 0.15) is 15.9 Å². The van der Waals surface area contributed by atoms with E-state index in [9.17, 15) is 22.8 Å². The van der Waals surface area contributed by atoms with E-state index in [0.717, 1.165) is 0 Å². The number of benzene rings is 1. The number of carbonyl (C=O) groups excluding carboxylic acids is 2. The number of carbonyl (C=O) groups is 2. The highest BCUT2D eigenvalue weighted by Crippen LogP contribution is 2.17. The third kappa shape index (κ3) is 6.84. The first kappa shape index (κ1) is 20.0. The number of methoxy groups -OCH3 is 1. The van der Waals surface area contributed by atoms with Crippen molar-refractivity contribution < 1.29 is 32.2 Å². The lowest BCUT2D eigenvalue weighted by molar-refractivity contribution is -0.154. The van der Waals surface area contributed by atoms with Crippen molar-refractivity contribution in [2.75, 3.05) is 19.0 Å². The van der Waals surface area contributed by atoms with E-state index in [1.54, 1.807) is 12.1 Å². The molecule has 27 heavy (non-hydrogen) atoms. The van der Waals surface area contributed by atoms with Crippen LogP contribution >= 0.6 is 0 Å². The molecule has 2 aromatic rings. The quantitative estimate of drug-likeness (QED) is 0.748. The lowest BCUT2D eigenvalue weighted by atomic mass is 10.2. The van der Waals surface area contributed by atoms with Gasteiger partial charge in [-0.3, -0.25) is 0 Å². The summed E-state index contributed by atoms with van der Waals surface area (Å²) in [6.07, 6.45) is -3.19. The van der Waals surface area contributed by atoms with Crippen molar-refractivity contribution >= 4 is 17.7 Å². The number of nitrogens with zero attached hydrogens (tertiary/aromatic N) is 1. The van der Waals surface area contributed by atoms with Crippen LogP contribution in [0.25, 0.3) is 0 Å². The number of aromatic nitrogens is 1. The molecule has 1 aromatic carbocycles. The first-order chi connectivity index (χ1) is 12.8. The third-order valence-corrected chi connectivity index (χ3v) is 3.18. The predicted molar refractivity (Wildman–Crippen MR) is 89.4 cm³/mol. The minimum atomic E-state index is -4.46. The smallest absolute Gasteiger partial charge is 0.422 e. The Morgan fingerprint density at radius 3 is 2.67 bits per heavy atom. The van der Waals surface area contributed by atoms with Gasteiger partial charge in [-0.1, -0.05) is 6.07 Å². The van der Waals surface area contributed by atoms with Gasteiger partial charge in [0.05, 0.1) is 12.7 Å². The number of urea groups is 1. The first-order valence-electron chi connectivity index (χ1n) is 7.64. The molecule has 0 unspecified atom stereocenters. The average molecular weight is 383 g/mol. The van der Waals surface area contributed by atoms with E-state index < -0.39 is 24.8 Å². The molecule has 0 aliphatic carbocycles. The van der Waals surface area contributed by atoms with Gasteiger partial charge in [-0.05, 0) is 29.8 Å². The van der Waals surface area contributed by atoms with Gasteiger partial charge >= 0.3 is 18.2 Å². The number of pyridine rings is 1. The lowest BCUT2D eigenvalue weighted by Crippen LogP contribution is -2.28. The summed E-state index contributed by atoms with van der Waals surface area (Å²) >= 11 is 0. The largest absolute Gasteiger partial charge is 0.468 e. The zero-order valence-electron chi connectivity index (χ0n) is 14.2. The van der Waals surface area contributed by atoms with E-state index in [1.807, 2.05) is 0 Å². The van der Waals surface area contributed by atoms with Crippen LogP contribution in [-0.2, 0) is 11.3 Å². The lowest BCUT2D eigenvalue weighted by Gasteiger charge is -2.11. The van der Waals surface area contributed by atoms with Crippen LogP contribution in [0.3, 0.4) is 0 Å². The van der Waals surface area contributed by atoms with Crippen LogP contribution < -0.4 is 15.4 Å². The fourth-order valence-corrected chi connectivity index (χ4v) is 1.99. The van der Waals surface area contributed by atoms with Crippen molar-refractivity contribution in [3.05, 3.63) is 53.7 Å². The van der Waals surface area contributed by atoms with Crippen LogP contribution in [0.5, 0.6) is 5.88 Å². The highest BCUT2D eigenvalue weighted by Gasteiger charge is 2.28. The van der Waals surface area contributed by atoms with E-state index in [1.165, 1.54) is 37.6 Å². The Balaban J connectivity index is 1.89. The Morgan fingerprint density at radius 1 is 1.19 bits per heavy atom. The Kier molecular flexibility index (Phi) is 6.58. The zero-order chi connectivity index (χ0) is 19.9. The molecule has 0 saturated carbocycles. The van der Waals surface area contributed by atoms with E-state index in [-0.39, 0.29) is 18.0 Å². The molecule has 2 N–H and O–H groups in total. The van der Waals surface area contributed by atoms with Gasteiger partial charge in [0.15, 0.2) is 6.61 Å². The molecular formula is C17H16F3N3O4. The molecule has 0 atom stereocenters. The fourth-order valence-electron chi connectivity index (χ4n) is 1.99. The number of nitrogens with one attached hydrogen (secondary N) is 2. The van der Waals surface area contributed by atoms with Crippen molar-refractivity contribution in [3.63, 3.8) is 0 Å². The molecular weight excluding hydrogens is 367 g/mol. The van der Waals surface area contributed by atoms with Gasteiger partial charge in [0.2, 0.25) is 5.88 Å². The first-order valence-corrected chi connectivity index (χ1v) is 7.64. The van der Waals surface area contributed by atoms with Gasteiger partial charge in [-0.25, -0.2) is 14.6 Å². The monoisotopic (exact) mass is 383 g/mol. The summed E-state index contributed by atoms with van der Waals surface area (Å²) in [4.78, 5) is 27.1. The summed E-state index contributed by atoms with van der Waals surface area (Å²) in [5.74, 6) is -0.736. The molecule has 144 valence electrons. The number of alkyl halides is 3. The van der Waals surface area contributed by atoms with Crippen LogP contribution in [0.4, 0.5) is 23.7 Å². The van der Waals surface area contributed by atoms with Gasteiger partial charge in [0.25, 0.3) is 0 Å². The van der Waals surface area contributed by atoms with Gasteiger partial charge in [0.1, 0.15) is 0 Å². The summed E-state index contributed by atoms with van der Waals surface area (Å²) in [6, 6.07) is 8.40. The van der Waals surface area contributed by atoms with Gasteiger partial charge in [-0.15, -0.1) is 0 Å². The van der Waals surface area contributed by atoms with Crippen LogP contribution in [-0.4, -0.2) is 36.9 Å². The van der Waals surface area contributed by atoms with Crippen molar-refractivity contribution in [2.24, 2.45) is 0 Å². The molecule has 0 fully saturated rings. The minimum Gasteiger partial charge on any atom is -0.468 e. The maximum absolute atomic E-state index is 12.2. The Bertz CT molecular complexity index is 812. The van der Waals surface area contributed by atoms with Crippen molar-refractivity contribution in [1.82, 2.24) is 10.3 Å². The average Bonchev–Trinajstić information content (AvgIpc) is 2.64. The number of hydrogen-bond donors (Lipinski definition) is 2. The van der Waals surface area contributed by atoms with Crippen molar-refractivity contribution in [1.29, 1.82) is 0 Å². The maximum Gasteiger partial charge on any atom is 0.422 e. The Hall–Kier alpha value is -3.30. The SMILES string of the molecule is COC(=O)c1cccc(NC(=O)NCc2ccnc(OCC(F)(F)F)c2)c1. The second kappa shape index (κ2) is 8.88. The van der Waals surface area contributed by atoms with E-state index >= 15 is 0 Å². The van der Waals surface area contributed by atoms with Crippen molar-refractivity contribution in [2.45, 2.75) is 12.7 Å². The van der Waals surface area contributed by atoms with Gasteiger partial charge < -0.3 is 20.1 Å². The van der Waals surface area contributed by atoms with Crippen molar-refractivity contribution in [3.8, 4) is 5.88 Å². The van der Waals surface area contributed by atoms with Gasteiger partial charge in [-0.2, -0.15) is 13.2 Å². The number of ether oxygens (including phenoxy) is 2. The molecule has 0 aliphatic heterocycles. The van der Waals surface area contributed by atoms with E-state index in [2.05, 4.69) is 25.1 Å². The number of amides is 2. The Morgan fingerprint density at radius 2 is 1.96 bits per heavy atom. The molecule has 7 nitrogen and oxygen atoms in total. The second-order valence-electron chi connectivity index (χ2n) is 5.29. The number of hydrogen-bond acceptors (Lipinski definition) is 5. The highest BCUT2D eigenvalue weighted by atomic mass is 19.4. The zero-order valence-corrected chi connectivity index (χ0v) is 14.2. The molecule has 0 aliphatic rings. The molecule has 0 radical (unpaired) electrons. The number of rotatable bonds is 6.